The van der Waals surface area contributed by atoms with Gasteiger partial charge in [0.15, 0.2) is 0 Å². The van der Waals surface area contributed by atoms with Gasteiger partial charge in [0.25, 0.3) is 10.0 Å². The number of anilines is 2. The molecule has 0 heterocycles. The van der Waals surface area contributed by atoms with Crippen LogP contribution in [0.5, 0.6) is 0 Å². The molecule has 3 rings (SSSR count). The number of para-hydroxylation sites is 2. The number of hydrogen-bond donors (Lipinski definition) is 1. The molecule has 0 radical (unpaired) electrons. The topological polar surface area (TPSA) is 83.6 Å². The molecule has 0 amide bonds. The van der Waals surface area contributed by atoms with E-state index in [0.717, 1.165) is 24.7 Å². The Labute approximate surface area is 155 Å². The molecule has 140 valence electrons. The summed E-state index contributed by atoms with van der Waals surface area (Å²) in [5, 5.41) is 0. The van der Waals surface area contributed by atoms with Gasteiger partial charge in [0.2, 0.25) is 10.0 Å². The molecule has 1 fully saturated rings. The summed E-state index contributed by atoms with van der Waals surface area (Å²) in [6.45, 7) is 3.63. The van der Waals surface area contributed by atoms with Gasteiger partial charge in [-0.05, 0) is 50.5 Å². The Morgan fingerprint density at radius 2 is 1.65 bits per heavy atom. The summed E-state index contributed by atoms with van der Waals surface area (Å²) in [6.07, 6.45) is 2.68. The zero-order chi connectivity index (χ0) is 19.1. The van der Waals surface area contributed by atoms with E-state index in [9.17, 15) is 16.8 Å². The standard InChI is InChI=1S/C18H22N2O4S2/c1-13-8-11-18(14(2)12-13)26(23,24)19-16-6-4-5-7-17(16)20(15-9-10-15)25(3,21)22/h4-8,11-12,15,19H,9-10H2,1-3H3. The summed E-state index contributed by atoms with van der Waals surface area (Å²) < 4.78 is 54.1. The minimum atomic E-state index is -3.84. The Hall–Kier alpha value is -2.06. The van der Waals surface area contributed by atoms with E-state index < -0.39 is 20.0 Å². The largest absolute Gasteiger partial charge is 0.277 e. The molecule has 1 aliphatic carbocycles. The SMILES string of the molecule is Cc1ccc(S(=O)(=O)Nc2ccccc2N(C2CC2)S(C)(=O)=O)c(C)c1. The Morgan fingerprint density at radius 1 is 1.00 bits per heavy atom. The first-order valence-electron chi connectivity index (χ1n) is 8.28. The van der Waals surface area contributed by atoms with Gasteiger partial charge in [0.05, 0.1) is 22.5 Å². The number of nitrogens with zero attached hydrogens (tertiary/aromatic N) is 1. The highest BCUT2D eigenvalue weighted by molar-refractivity contribution is 7.93. The molecule has 0 aliphatic heterocycles. The molecule has 1 N–H and O–H groups in total. The second-order valence-electron chi connectivity index (χ2n) is 6.68. The first kappa shape index (κ1) is 18.7. The van der Waals surface area contributed by atoms with Crippen molar-refractivity contribution in [2.45, 2.75) is 37.6 Å². The Kier molecular flexibility index (Phi) is 4.74. The van der Waals surface area contributed by atoms with Gasteiger partial charge in [-0.25, -0.2) is 16.8 Å². The molecule has 0 spiro atoms. The second-order valence-corrected chi connectivity index (χ2v) is 10.2. The maximum atomic E-state index is 12.9. The van der Waals surface area contributed by atoms with Crippen LogP contribution >= 0.6 is 0 Å². The van der Waals surface area contributed by atoms with E-state index in [1.807, 2.05) is 6.92 Å². The zero-order valence-corrected chi connectivity index (χ0v) is 16.6. The average molecular weight is 395 g/mol. The summed E-state index contributed by atoms with van der Waals surface area (Å²) in [5.41, 5.74) is 2.21. The molecule has 2 aromatic carbocycles. The Bertz CT molecular complexity index is 1040. The van der Waals surface area contributed by atoms with Gasteiger partial charge < -0.3 is 0 Å². The predicted molar refractivity (Wildman–Crippen MR) is 104 cm³/mol. The first-order chi connectivity index (χ1) is 12.1. The zero-order valence-electron chi connectivity index (χ0n) is 14.9. The molecule has 6 nitrogen and oxygen atoms in total. The first-order valence-corrected chi connectivity index (χ1v) is 11.6. The minimum absolute atomic E-state index is 0.114. The highest BCUT2D eigenvalue weighted by Gasteiger charge is 2.36. The number of hydrogen-bond acceptors (Lipinski definition) is 4. The number of rotatable bonds is 6. The summed E-state index contributed by atoms with van der Waals surface area (Å²) in [7, 11) is -7.35. The van der Waals surface area contributed by atoms with Crippen molar-refractivity contribution in [1.29, 1.82) is 0 Å². The van der Waals surface area contributed by atoms with Gasteiger partial charge in [0, 0.05) is 6.04 Å². The second kappa shape index (κ2) is 6.59. The maximum absolute atomic E-state index is 12.9. The number of aryl methyl sites for hydroxylation is 2. The van der Waals surface area contributed by atoms with Gasteiger partial charge in [-0.1, -0.05) is 29.8 Å². The molecule has 26 heavy (non-hydrogen) atoms. The number of sulfonamides is 2. The molecule has 0 saturated heterocycles. The third-order valence-electron chi connectivity index (χ3n) is 4.24. The third kappa shape index (κ3) is 3.86. The van der Waals surface area contributed by atoms with Crippen LogP contribution in [0.3, 0.4) is 0 Å². The summed E-state index contributed by atoms with van der Waals surface area (Å²) in [5.74, 6) is 0. The van der Waals surface area contributed by atoms with Gasteiger partial charge in [0.1, 0.15) is 0 Å². The van der Waals surface area contributed by atoms with Crippen LogP contribution < -0.4 is 9.03 Å². The minimum Gasteiger partial charge on any atom is -0.277 e. The van der Waals surface area contributed by atoms with E-state index in [-0.39, 0.29) is 16.6 Å². The summed E-state index contributed by atoms with van der Waals surface area (Å²) in [6, 6.07) is 11.6. The van der Waals surface area contributed by atoms with Crippen molar-refractivity contribution < 1.29 is 16.8 Å². The van der Waals surface area contributed by atoms with Crippen LogP contribution in [-0.4, -0.2) is 29.1 Å². The fourth-order valence-corrected chi connectivity index (χ4v) is 5.58. The molecule has 0 unspecified atom stereocenters. The molecular formula is C18H22N2O4S2. The van der Waals surface area contributed by atoms with E-state index in [4.69, 9.17) is 0 Å². The molecule has 0 bridgehead atoms. The van der Waals surface area contributed by atoms with Gasteiger partial charge in [-0.3, -0.25) is 9.03 Å². The molecule has 0 aromatic heterocycles. The Balaban J connectivity index is 2.03. The van der Waals surface area contributed by atoms with Crippen LogP contribution in [0.4, 0.5) is 11.4 Å². The lowest BCUT2D eigenvalue weighted by atomic mass is 10.2. The monoisotopic (exact) mass is 394 g/mol. The molecule has 0 atom stereocenters. The highest BCUT2D eigenvalue weighted by atomic mass is 32.2. The van der Waals surface area contributed by atoms with Crippen LogP contribution in [0, 0.1) is 13.8 Å². The predicted octanol–water partition coefficient (Wildman–Crippen LogP) is 3.03. The van der Waals surface area contributed by atoms with Gasteiger partial charge in [-0.15, -0.1) is 0 Å². The van der Waals surface area contributed by atoms with Crippen LogP contribution in [0.1, 0.15) is 24.0 Å². The fourth-order valence-electron chi connectivity index (χ4n) is 3.01. The van der Waals surface area contributed by atoms with E-state index in [2.05, 4.69) is 4.72 Å². The molecule has 1 aliphatic rings. The lowest BCUT2D eigenvalue weighted by Gasteiger charge is -2.25. The quantitative estimate of drug-likeness (QED) is 0.816. The van der Waals surface area contributed by atoms with Crippen LogP contribution in [-0.2, 0) is 20.0 Å². The van der Waals surface area contributed by atoms with Crippen molar-refractivity contribution in [3.05, 3.63) is 53.6 Å². The fraction of sp³-hybridized carbons (Fsp3) is 0.333. The smallest absolute Gasteiger partial charge is 0.262 e. The molecule has 1 saturated carbocycles. The van der Waals surface area contributed by atoms with Crippen molar-refractivity contribution in [1.82, 2.24) is 0 Å². The highest BCUT2D eigenvalue weighted by Crippen LogP contribution is 2.38. The molecule has 8 heteroatoms. The van der Waals surface area contributed by atoms with Crippen molar-refractivity contribution in [3.8, 4) is 0 Å². The van der Waals surface area contributed by atoms with Crippen LogP contribution in [0.15, 0.2) is 47.4 Å². The third-order valence-corrected chi connectivity index (χ3v) is 6.98. The van der Waals surface area contributed by atoms with E-state index in [1.54, 1.807) is 49.4 Å². The van der Waals surface area contributed by atoms with Crippen LogP contribution in [0.2, 0.25) is 0 Å². The van der Waals surface area contributed by atoms with Crippen LogP contribution in [0.25, 0.3) is 0 Å². The van der Waals surface area contributed by atoms with Crippen molar-refractivity contribution in [3.63, 3.8) is 0 Å². The lowest BCUT2D eigenvalue weighted by Crippen LogP contribution is -2.33. The van der Waals surface area contributed by atoms with E-state index in [1.165, 1.54) is 4.31 Å². The molecule has 2 aromatic rings. The van der Waals surface area contributed by atoms with E-state index in [0.29, 0.717) is 11.3 Å². The van der Waals surface area contributed by atoms with Crippen molar-refractivity contribution in [2.75, 3.05) is 15.3 Å². The lowest BCUT2D eigenvalue weighted by molar-refractivity contribution is 0.595. The van der Waals surface area contributed by atoms with Gasteiger partial charge >= 0.3 is 0 Å². The van der Waals surface area contributed by atoms with Gasteiger partial charge in [-0.2, -0.15) is 0 Å². The van der Waals surface area contributed by atoms with E-state index >= 15 is 0 Å². The maximum Gasteiger partial charge on any atom is 0.262 e. The number of benzene rings is 2. The number of nitrogens with one attached hydrogen (secondary N) is 1. The Morgan fingerprint density at radius 3 is 2.23 bits per heavy atom. The average Bonchev–Trinajstić information content (AvgIpc) is 3.31. The molecular weight excluding hydrogens is 372 g/mol. The summed E-state index contributed by atoms with van der Waals surface area (Å²) in [4.78, 5) is 0.176. The van der Waals surface area contributed by atoms with Crippen molar-refractivity contribution in [2.24, 2.45) is 0 Å². The van der Waals surface area contributed by atoms with Crippen molar-refractivity contribution >= 4 is 31.4 Å². The summed E-state index contributed by atoms with van der Waals surface area (Å²) >= 11 is 0. The normalized spacial score (nSPS) is 14.9.